The lowest BCUT2D eigenvalue weighted by molar-refractivity contribution is 0.322. The summed E-state index contributed by atoms with van der Waals surface area (Å²) in [5.41, 5.74) is 1.21. The first-order valence-corrected chi connectivity index (χ1v) is 6.15. The summed E-state index contributed by atoms with van der Waals surface area (Å²) in [4.78, 5) is 0. The molecule has 0 atom stereocenters. The van der Waals surface area contributed by atoms with Gasteiger partial charge in [-0.05, 0) is 24.3 Å². The topological polar surface area (TPSA) is 37.5 Å². The van der Waals surface area contributed by atoms with E-state index in [9.17, 15) is 0 Å². The fourth-order valence-electron chi connectivity index (χ4n) is 1.57. The zero-order chi connectivity index (χ0) is 13.1. The molecule has 3 nitrogen and oxygen atoms in total. The van der Waals surface area contributed by atoms with Gasteiger partial charge in [0.2, 0.25) is 0 Å². The molecule has 0 spiro atoms. The Labute approximate surface area is 119 Å². The molecule has 1 aromatic heterocycles. The van der Waals surface area contributed by atoms with Crippen LogP contribution in [0.3, 0.4) is 0 Å². The van der Waals surface area contributed by atoms with Crippen LogP contribution in [0.5, 0.6) is 0 Å². The quantitative estimate of drug-likeness (QED) is 0.388. The number of benzene rings is 1. The van der Waals surface area contributed by atoms with Crippen LogP contribution in [0.25, 0.3) is 5.69 Å². The maximum absolute atomic E-state index is 8.58. The minimum Gasteiger partial charge on any atom is -0.411 e. The predicted molar refractivity (Wildman–Crippen MR) is 76.0 cm³/mol. The fraction of sp³-hybridized carbons (Fsp3) is 0. The maximum atomic E-state index is 8.58. The van der Waals surface area contributed by atoms with E-state index in [4.69, 9.17) is 40.6 Å². The van der Waals surface area contributed by atoms with Gasteiger partial charge in [-0.15, -0.1) is 0 Å². The van der Waals surface area contributed by atoms with Gasteiger partial charge in [0.25, 0.3) is 0 Å². The molecule has 0 saturated carbocycles. The molecular weight excluding hydrogens is 291 g/mol. The van der Waals surface area contributed by atoms with Crippen molar-refractivity contribution >= 4 is 41.6 Å². The number of hydrogen-bond acceptors (Lipinski definition) is 3. The number of hydrogen-bond donors (Lipinski definition) is 1. The van der Waals surface area contributed by atoms with E-state index in [0.29, 0.717) is 25.9 Å². The number of pyridine rings is 1. The van der Waals surface area contributed by atoms with E-state index in [1.54, 1.807) is 41.1 Å². The largest absolute Gasteiger partial charge is 0.411 e. The smallest absolute Gasteiger partial charge is 0.119 e. The molecule has 0 aliphatic carbocycles. The molecule has 2 aromatic rings. The van der Waals surface area contributed by atoms with Crippen LogP contribution < -0.4 is 0 Å². The number of oxime groups is 1. The Balaban J connectivity index is 2.73. The first-order valence-electron chi connectivity index (χ1n) is 4.98. The fourth-order valence-corrected chi connectivity index (χ4v) is 2.42. The van der Waals surface area contributed by atoms with Crippen LogP contribution in [0.2, 0.25) is 10.0 Å². The van der Waals surface area contributed by atoms with Crippen LogP contribution in [-0.4, -0.2) is 16.0 Å². The molecule has 0 aliphatic heterocycles. The van der Waals surface area contributed by atoms with Gasteiger partial charge in [-0.25, -0.2) is 0 Å². The lowest BCUT2D eigenvalue weighted by Crippen LogP contribution is -2.01. The van der Waals surface area contributed by atoms with Gasteiger partial charge in [-0.3, -0.25) is 0 Å². The van der Waals surface area contributed by atoms with Gasteiger partial charge < -0.3 is 9.77 Å². The lowest BCUT2D eigenvalue weighted by Gasteiger charge is -2.11. The monoisotopic (exact) mass is 298 g/mol. The van der Waals surface area contributed by atoms with Gasteiger partial charge in [0.05, 0.1) is 21.9 Å². The molecule has 0 amide bonds. The molecule has 92 valence electrons. The Morgan fingerprint density at radius 1 is 1.17 bits per heavy atom. The van der Waals surface area contributed by atoms with E-state index < -0.39 is 0 Å². The summed E-state index contributed by atoms with van der Waals surface area (Å²) < 4.78 is 2.14. The highest BCUT2D eigenvalue weighted by atomic mass is 35.5. The Hall–Kier alpha value is -1.36. The van der Waals surface area contributed by atoms with Crippen molar-refractivity contribution in [3.8, 4) is 5.69 Å². The molecule has 18 heavy (non-hydrogen) atoms. The van der Waals surface area contributed by atoms with E-state index in [1.807, 2.05) is 0 Å². The van der Waals surface area contributed by atoms with E-state index in [1.165, 1.54) is 6.21 Å². The average Bonchev–Trinajstić information content (AvgIpc) is 2.33. The van der Waals surface area contributed by atoms with Crippen LogP contribution in [0.1, 0.15) is 5.56 Å². The zero-order valence-corrected chi connectivity index (χ0v) is 11.4. The SMILES string of the molecule is O/N=C/c1cccn(-c2c(Cl)cccc2Cl)c1=S. The standard InChI is InChI=1S/C12H8Cl2N2OS/c13-9-4-1-5-10(14)11(9)16-6-2-3-8(7-15-17)12(16)18/h1-7,17H/b15-7+. The summed E-state index contributed by atoms with van der Waals surface area (Å²) in [6.07, 6.45) is 3.02. The van der Waals surface area contributed by atoms with E-state index in [2.05, 4.69) is 5.16 Å². The molecule has 1 heterocycles. The second-order valence-corrected chi connectivity index (χ2v) is 4.65. The van der Waals surface area contributed by atoms with Crippen molar-refractivity contribution in [2.24, 2.45) is 5.16 Å². The Morgan fingerprint density at radius 3 is 2.44 bits per heavy atom. The van der Waals surface area contributed by atoms with Gasteiger partial charge in [0.15, 0.2) is 0 Å². The summed E-state index contributed by atoms with van der Waals surface area (Å²) in [6, 6.07) is 8.74. The number of nitrogens with zero attached hydrogens (tertiary/aromatic N) is 2. The summed E-state index contributed by atoms with van der Waals surface area (Å²) in [7, 11) is 0. The molecule has 0 bridgehead atoms. The van der Waals surface area contributed by atoms with Gasteiger partial charge >= 0.3 is 0 Å². The van der Waals surface area contributed by atoms with Crippen molar-refractivity contribution < 1.29 is 5.21 Å². The number of para-hydroxylation sites is 1. The Kier molecular flexibility index (Phi) is 4.01. The first kappa shape index (κ1) is 13.1. The normalized spacial score (nSPS) is 11.0. The molecular formula is C12H8Cl2N2OS. The molecule has 0 fully saturated rings. The minimum absolute atomic E-state index is 0.463. The third-order valence-corrected chi connectivity index (χ3v) is 3.39. The number of rotatable bonds is 2. The predicted octanol–water partition coefficient (Wildman–Crippen LogP) is 4.32. The summed E-state index contributed by atoms with van der Waals surface area (Å²) >= 11 is 17.6. The molecule has 0 saturated heterocycles. The summed E-state index contributed by atoms with van der Waals surface area (Å²) in [6.45, 7) is 0. The minimum atomic E-state index is 0.463. The highest BCUT2D eigenvalue weighted by Gasteiger charge is 2.08. The third kappa shape index (κ3) is 2.41. The van der Waals surface area contributed by atoms with Gasteiger partial charge in [0, 0.05) is 11.8 Å². The average molecular weight is 299 g/mol. The molecule has 1 aromatic carbocycles. The second-order valence-electron chi connectivity index (χ2n) is 3.45. The van der Waals surface area contributed by atoms with Gasteiger partial charge in [-0.1, -0.05) is 46.6 Å². The maximum Gasteiger partial charge on any atom is 0.119 e. The molecule has 0 unspecified atom stereocenters. The van der Waals surface area contributed by atoms with Crippen molar-refractivity contribution in [2.45, 2.75) is 0 Å². The number of aromatic nitrogens is 1. The summed E-state index contributed by atoms with van der Waals surface area (Å²) in [5.74, 6) is 0. The van der Waals surface area contributed by atoms with Crippen LogP contribution >= 0.6 is 35.4 Å². The van der Waals surface area contributed by atoms with E-state index in [-0.39, 0.29) is 0 Å². The Bertz CT molecular complexity index is 647. The van der Waals surface area contributed by atoms with E-state index in [0.717, 1.165) is 0 Å². The molecule has 6 heteroatoms. The molecule has 1 N–H and O–H groups in total. The van der Waals surface area contributed by atoms with Crippen LogP contribution in [0, 0.1) is 4.64 Å². The molecule has 0 radical (unpaired) electrons. The first-order chi connectivity index (χ1) is 8.65. The van der Waals surface area contributed by atoms with Gasteiger partial charge in [0.1, 0.15) is 4.64 Å². The zero-order valence-electron chi connectivity index (χ0n) is 9.05. The van der Waals surface area contributed by atoms with Crippen molar-refractivity contribution in [1.29, 1.82) is 0 Å². The third-order valence-electron chi connectivity index (χ3n) is 2.35. The second kappa shape index (κ2) is 5.52. The van der Waals surface area contributed by atoms with Crippen LogP contribution in [-0.2, 0) is 0 Å². The highest BCUT2D eigenvalue weighted by Crippen LogP contribution is 2.28. The van der Waals surface area contributed by atoms with Crippen LogP contribution in [0.4, 0.5) is 0 Å². The lowest BCUT2D eigenvalue weighted by atomic mass is 10.2. The van der Waals surface area contributed by atoms with Crippen molar-refractivity contribution in [3.05, 3.63) is 56.8 Å². The van der Waals surface area contributed by atoms with Crippen LogP contribution in [0.15, 0.2) is 41.7 Å². The van der Waals surface area contributed by atoms with Crippen molar-refractivity contribution in [2.75, 3.05) is 0 Å². The van der Waals surface area contributed by atoms with E-state index >= 15 is 0 Å². The summed E-state index contributed by atoms with van der Waals surface area (Å²) in [5, 5.41) is 12.5. The van der Waals surface area contributed by atoms with Gasteiger partial charge in [-0.2, -0.15) is 0 Å². The number of halogens is 2. The molecule has 2 rings (SSSR count). The molecule has 0 aliphatic rings. The highest BCUT2D eigenvalue weighted by molar-refractivity contribution is 7.71. The van der Waals surface area contributed by atoms with Crippen molar-refractivity contribution in [1.82, 2.24) is 4.57 Å². The van der Waals surface area contributed by atoms with Crippen molar-refractivity contribution in [3.63, 3.8) is 0 Å². The Morgan fingerprint density at radius 2 is 1.83 bits per heavy atom.